The maximum Gasteiger partial charge on any atom is 0.273 e. The van der Waals surface area contributed by atoms with Gasteiger partial charge in [-0.2, -0.15) is 14.6 Å². The third-order valence-corrected chi connectivity index (χ3v) is 6.59. The Bertz CT molecular complexity index is 1450. The number of hydrogen-bond donors (Lipinski definition) is 2. The van der Waals surface area contributed by atoms with Gasteiger partial charge in [-0.1, -0.05) is 32.0 Å². The normalized spacial score (nSPS) is 12.0. The predicted molar refractivity (Wildman–Crippen MR) is 130 cm³/mol. The number of benzene rings is 2. The van der Waals surface area contributed by atoms with Gasteiger partial charge < -0.3 is 15.0 Å². The monoisotopic (exact) mass is 443 g/mol. The first kappa shape index (κ1) is 21.3. The van der Waals surface area contributed by atoms with Crippen LogP contribution in [-0.4, -0.2) is 59.4 Å². The van der Waals surface area contributed by atoms with Crippen molar-refractivity contribution in [2.45, 2.75) is 40.5 Å². The minimum Gasteiger partial charge on any atom is -0.508 e. The first-order chi connectivity index (χ1) is 16.0. The molecule has 8 nitrogen and oxygen atoms in total. The van der Waals surface area contributed by atoms with E-state index in [-0.39, 0.29) is 5.75 Å². The molecule has 3 aromatic heterocycles. The molecular weight excluding hydrogens is 414 g/mol. The zero-order valence-electron chi connectivity index (χ0n) is 19.6. The van der Waals surface area contributed by atoms with E-state index in [2.05, 4.69) is 53.8 Å². The fourth-order valence-corrected chi connectivity index (χ4v) is 4.58. The second kappa shape index (κ2) is 8.44. The number of aromatic nitrogens is 6. The number of phenolic OH excluding ortho intramolecular Hbond substituents is 1. The van der Waals surface area contributed by atoms with E-state index in [1.165, 1.54) is 16.7 Å². The number of aryl methyl sites for hydroxylation is 2. The van der Waals surface area contributed by atoms with E-state index >= 15 is 0 Å². The lowest BCUT2D eigenvalue weighted by Crippen LogP contribution is -2.25. The lowest BCUT2D eigenvalue weighted by Gasteiger charge is -2.19. The number of H-pyrrole nitrogens is 1. The largest absolute Gasteiger partial charge is 0.508 e. The molecule has 170 valence electrons. The quantitative estimate of drug-likeness (QED) is 0.395. The standard InChI is InChI=1S/C25H29N7O/c1-5-31(6-2)12-11-18-13-15(3)22-21(16(18)4)23-24(26-22)27-25-29-28-20(32(25)30-23)14-17-7-9-19(33)10-8-17/h7-10,13,33H,5-6,11-12,14H2,1-4H3,(H,26,27,29). The van der Waals surface area contributed by atoms with Crippen molar-refractivity contribution in [1.29, 1.82) is 0 Å². The molecule has 0 amide bonds. The number of phenols is 1. The zero-order chi connectivity index (χ0) is 23.1. The van der Waals surface area contributed by atoms with Crippen LogP contribution in [0.3, 0.4) is 0 Å². The van der Waals surface area contributed by atoms with Crippen LogP contribution in [0.2, 0.25) is 0 Å². The van der Waals surface area contributed by atoms with Crippen molar-refractivity contribution >= 4 is 27.8 Å². The van der Waals surface area contributed by atoms with Crippen molar-refractivity contribution < 1.29 is 5.11 Å². The SMILES string of the molecule is CCN(CC)CCc1cc(C)c2[nH]c3nc4nnc(Cc5ccc(O)cc5)n4nc3c2c1C. The Balaban J connectivity index is 1.61. The highest BCUT2D eigenvalue weighted by molar-refractivity contribution is 6.07. The number of hydrogen-bond acceptors (Lipinski definition) is 6. The molecule has 8 heteroatoms. The van der Waals surface area contributed by atoms with Crippen LogP contribution in [0.5, 0.6) is 5.75 Å². The van der Waals surface area contributed by atoms with Crippen LogP contribution < -0.4 is 0 Å². The van der Waals surface area contributed by atoms with Gasteiger partial charge in [0, 0.05) is 18.4 Å². The first-order valence-electron chi connectivity index (χ1n) is 11.5. The lowest BCUT2D eigenvalue weighted by atomic mass is 9.98. The van der Waals surface area contributed by atoms with Crippen LogP contribution in [0.15, 0.2) is 30.3 Å². The summed E-state index contributed by atoms with van der Waals surface area (Å²) in [7, 11) is 0. The second-order valence-electron chi connectivity index (χ2n) is 8.61. The van der Waals surface area contributed by atoms with Gasteiger partial charge in [-0.05, 0) is 67.7 Å². The molecule has 33 heavy (non-hydrogen) atoms. The van der Waals surface area contributed by atoms with Crippen molar-refractivity contribution in [1.82, 2.24) is 34.7 Å². The van der Waals surface area contributed by atoms with Crippen LogP contribution in [0.4, 0.5) is 0 Å². The fraction of sp³-hybridized carbons (Fsp3) is 0.360. The van der Waals surface area contributed by atoms with E-state index in [0.29, 0.717) is 18.0 Å². The Kier molecular flexibility index (Phi) is 5.46. The van der Waals surface area contributed by atoms with Crippen LogP contribution in [0.25, 0.3) is 27.8 Å². The Hall–Kier alpha value is -3.52. The lowest BCUT2D eigenvalue weighted by molar-refractivity contribution is 0.308. The summed E-state index contributed by atoms with van der Waals surface area (Å²) in [4.78, 5) is 10.6. The van der Waals surface area contributed by atoms with E-state index in [1.807, 2.05) is 12.1 Å². The van der Waals surface area contributed by atoms with Crippen LogP contribution in [0.1, 0.15) is 41.9 Å². The van der Waals surface area contributed by atoms with Crippen molar-refractivity contribution in [3.63, 3.8) is 0 Å². The first-order valence-corrected chi connectivity index (χ1v) is 11.5. The summed E-state index contributed by atoms with van der Waals surface area (Å²) in [6.45, 7) is 11.9. The molecule has 0 atom stereocenters. The molecule has 0 aliphatic rings. The maximum absolute atomic E-state index is 9.56. The van der Waals surface area contributed by atoms with Crippen LogP contribution >= 0.6 is 0 Å². The molecule has 2 aromatic carbocycles. The van der Waals surface area contributed by atoms with Crippen LogP contribution in [0, 0.1) is 13.8 Å². The average Bonchev–Trinajstić information content (AvgIpc) is 3.39. The molecule has 0 spiro atoms. The Morgan fingerprint density at radius 2 is 1.82 bits per heavy atom. The molecule has 0 radical (unpaired) electrons. The number of aromatic hydroxyl groups is 1. The van der Waals surface area contributed by atoms with Gasteiger partial charge in [0.05, 0.1) is 5.52 Å². The maximum atomic E-state index is 9.56. The van der Waals surface area contributed by atoms with Gasteiger partial charge in [0.1, 0.15) is 11.3 Å². The van der Waals surface area contributed by atoms with Gasteiger partial charge in [0.15, 0.2) is 11.5 Å². The third kappa shape index (κ3) is 3.80. The number of nitrogens with one attached hydrogen (secondary N) is 1. The second-order valence-corrected chi connectivity index (χ2v) is 8.61. The van der Waals surface area contributed by atoms with E-state index in [1.54, 1.807) is 16.6 Å². The predicted octanol–water partition coefficient (Wildman–Crippen LogP) is 3.95. The molecule has 0 saturated heterocycles. The number of fused-ring (bicyclic) bond motifs is 4. The summed E-state index contributed by atoms with van der Waals surface area (Å²) in [5.74, 6) is 1.43. The van der Waals surface area contributed by atoms with Crippen molar-refractivity contribution in [3.8, 4) is 5.75 Å². The van der Waals surface area contributed by atoms with E-state index < -0.39 is 0 Å². The average molecular weight is 444 g/mol. The Labute approximate surface area is 192 Å². The summed E-state index contributed by atoms with van der Waals surface area (Å²) in [6.07, 6.45) is 1.56. The highest BCUT2D eigenvalue weighted by Gasteiger charge is 2.18. The molecule has 0 aliphatic heterocycles. The summed E-state index contributed by atoms with van der Waals surface area (Å²) in [6, 6.07) is 9.40. The highest BCUT2D eigenvalue weighted by Crippen LogP contribution is 2.31. The van der Waals surface area contributed by atoms with E-state index in [9.17, 15) is 5.11 Å². The minimum absolute atomic E-state index is 0.243. The van der Waals surface area contributed by atoms with E-state index in [4.69, 9.17) is 10.1 Å². The van der Waals surface area contributed by atoms with Gasteiger partial charge in [-0.3, -0.25) is 0 Å². The third-order valence-electron chi connectivity index (χ3n) is 6.59. The molecule has 0 aliphatic carbocycles. The highest BCUT2D eigenvalue weighted by atomic mass is 16.3. The molecule has 5 aromatic rings. The van der Waals surface area contributed by atoms with Crippen molar-refractivity contribution in [2.75, 3.05) is 19.6 Å². The van der Waals surface area contributed by atoms with Gasteiger partial charge in [-0.15, -0.1) is 10.2 Å². The summed E-state index contributed by atoms with van der Waals surface area (Å²) in [5.41, 5.74) is 7.47. The molecule has 0 unspecified atom stereocenters. The number of nitrogens with zero attached hydrogens (tertiary/aromatic N) is 6. The molecule has 0 saturated carbocycles. The molecule has 0 bridgehead atoms. The number of rotatable bonds is 7. The van der Waals surface area contributed by atoms with Gasteiger partial charge >= 0.3 is 0 Å². The minimum atomic E-state index is 0.243. The fourth-order valence-electron chi connectivity index (χ4n) is 4.58. The molecule has 5 rings (SSSR count). The van der Waals surface area contributed by atoms with Gasteiger partial charge in [-0.25, -0.2) is 0 Å². The summed E-state index contributed by atoms with van der Waals surface area (Å²) in [5, 5.41) is 24.2. The number of aromatic amines is 1. The van der Waals surface area contributed by atoms with Crippen molar-refractivity contribution in [3.05, 3.63) is 58.4 Å². The van der Waals surface area contributed by atoms with Crippen molar-refractivity contribution in [2.24, 2.45) is 0 Å². The molecule has 0 fully saturated rings. The topological polar surface area (TPSA) is 95.2 Å². The zero-order valence-corrected chi connectivity index (χ0v) is 19.6. The van der Waals surface area contributed by atoms with Crippen LogP contribution in [-0.2, 0) is 12.8 Å². The smallest absolute Gasteiger partial charge is 0.273 e. The number of likely N-dealkylation sites (N-methyl/N-ethyl adjacent to an activating group) is 1. The van der Waals surface area contributed by atoms with E-state index in [0.717, 1.165) is 53.7 Å². The Morgan fingerprint density at radius 1 is 1.06 bits per heavy atom. The summed E-state index contributed by atoms with van der Waals surface area (Å²) < 4.78 is 1.74. The Morgan fingerprint density at radius 3 is 2.55 bits per heavy atom. The van der Waals surface area contributed by atoms with Gasteiger partial charge in [0.25, 0.3) is 5.78 Å². The molecule has 3 heterocycles. The van der Waals surface area contributed by atoms with Gasteiger partial charge in [0.2, 0.25) is 0 Å². The summed E-state index contributed by atoms with van der Waals surface area (Å²) >= 11 is 0. The molecule has 2 N–H and O–H groups in total. The molecular formula is C25H29N7O.